The number of hydrogen-bond donors (Lipinski definition) is 1. The van der Waals surface area contributed by atoms with Gasteiger partial charge in [0.15, 0.2) is 6.61 Å². The lowest BCUT2D eigenvalue weighted by Crippen LogP contribution is -2.20. The number of hydrogen-bond acceptors (Lipinski definition) is 5. The van der Waals surface area contributed by atoms with Crippen LogP contribution in [0.3, 0.4) is 0 Å². The van der Waals surface area contributed by atoms with E-state index in [-0.39, 0.29) is 12.5 Å². The van der Waals surface area contributed by atoms with Crippen molar-refractivity contribution >= 4 is 22.4 Å². The van der Waals surface area contributed by atoms with Crippen LogP contribution >= 0.6 is 11.3 Å². The van der Waals surface area contributed by atoms with Gasteiger partial charge in [-0.1, -0.05) is 24.3 Å². The largest absolute Gasteiger partial charge is 0.484 e. The molecular weight excluding hydrogens is 281 g/mol. The summed E-state index contributed by atoms with van der Waals surface area (Å²) in [5, 5.41) is 11.7. The molecule has 1 aromatic heterocycles. The molecule has 0 radical (unpaired) electrons. The van der Waals surface area contributed by atoms with Crippen LogP contribution in [0.15, 0.2) is 24.3 Å². The minimum atomic E-state index is -0.406. The molecule has 20 heavy (non-hydrogen) atoms. The number of aromatic nitrogens is 2. The van der Waals surface area contributed by atoms with E-state index in [2.05, 4.69) is 15.5 Å². The fourth-order valence-corrected chi connectivity index (χ4v) is 2.34. The molecule has 7 heteroatoms. The zero-order valence-corrected chi connectivity index (χ0v) is 11.7. The van der Waals surface area contributed by atoms with Gasteiger partial charge in [0, 0.05) is 12.5 Å². The normalized spacial score (nSPS) is 10.3. The van der Waals surface area contributed by atoms with E-state index in [0.29, 0.717) is 10.9 Å². The minimum Gasteiger partial charge on any atom is -0.484 e. The summed E-state index contributed by atoms with van der Waals surface area (Å²) in [5.74, 6) is -0.450. The summed E-state index contributed by atoms with van der Waals surface area (Å²) < 4.78 is 18.1. The Hall–Kier alpha value is -2.02. The lowest BCUT2D eigenvalue weighted by molar-refractivity contribution is -0.118. The van der Waals surface area contributed by atoms with Gasteiger partial charge in [0.1, 0.15) is 16.6 Å². The maximum atomic E-state index is 12.9. The topological polar surface area (TPSA) is 64.1 Å². The van der Waals surface area contributed by atoms with E-state index in [1.165, 1.54) is 29.5 Å². The van der Waals surface area contributed by atoms with Crippen LogP contribution in [0.25, 0.3) is 0 Å². The van der Waals surface area contributed by atoms with Crippen molar-refractivity contribution in [3.05, 3.63) is 35.1 Å². The molecule has 1 N–H and O–H groups in total. The van der Waals surface area contributed by atoms with Crippen molar-refractivity contribution in [3.63, 3.8) is 0 Å². The third-order valence-electron chi connectivity index (χ3n) is 2.34. The summed E-state index contributed by atoms with van der Waals surface area (Å²) in [5.41, 5.74) is 0. The van der Waals surface area contributed by atoms with Crippen molar-refractivity contribution in [1.29, 1.82) is 0 Å². The van der Waals surface area contributed by atoms with Crippen LogP contribution in [0.1, 0.15) is 18.4 Å². The number of nitrogens with zero attached hydrogens (tertiary/aromatic N) is 2. The summed E-state index contributed by atoms with van der Waals surface area (Å²) in [7, 11) is 0. The first-order valence-electron chi connectivity index (χ1n) is 6.18. The van der Waals surface area contributed by atoms with Gasteiger partial charge >= 0.3 is 0 Å². The Morgan fingerprint density at radius 3 is 3.05 bits per heavy atom. The third kappa shape index (κ3) is 4.27. The van der Waals surface area contributed by atoms with Crippen molar-refractivity contribution in [2.45, 2.75) is 19.8 Å². The van der Waals surface area contributed by atoms with Gasteiger partial charge in [-0.2, -0.15) is 0 Å². The van der Waals surface area contributed by atoms with Crippen molar-refractivity contribution in [3.8, 4) is 5.75 Å². The third-order valence-corrected chi connectivity index (χ3v) is 3.24. The molecule has 1 aromatic carbocycles. The van der Waals surface area contributed by atoms with Gasteiger partial charge < -0.3 is 4.74 Å². The van der Waals surface area contributed by atoms with Gasteiger partial charge in [-0.3, -0.25) is 10.1 Å². The van der Waals surface area contributed by atoms with Crippen molar-refractivity contribution in [2.24, 2.45) is 0 Å². The second-order valence-electron chi connectivity index (χ2n) is 4.05. The molecule has 5 nitrogen and oxygen atoms in total. The molecule has 0 aliphatic heterocycles. The van der Waals surface area contributed by atoms with E-state index < -0.39 is 5.82 Å². The van der Waals surface area contributed by atoms with Gasteiger partial charge in [-0.25, -0.2) is 4.39 Å². The number of rotatable bonds is 6. The lowest BCUT2D eigenvalue weighted by Gasteiger charge is -2.05. The fourth-order valence-electron chi connectivity index (χ4n) is 1.48. The Bertz CT molecular complexity index is 589. The number of aryl methyl sites for hydroxylation is 1. The molecule has 0 saturated carbocycles. The van der Waals surface area contributed by atoms with Crippen LogP contribution in [-0.4, -0.2) is 22.7 Å². The van der Waals surface area contributed by atoms with E-state index in [1.54, 1.807) is 6.07 Å². The van der Waals surface area contributed by atoms with E-state index in [1.807, 2.05) is 6.92 Å². The van der Waals surface area contributed by atoms with Gasteiger partial charge in [-0.05, 0) is 18.6 Å². The van der Waals surface area contributed by atoms with Crippen LogP contribution in [0.2, 0.25) is 0 Å². The van der Waals surface area contributed by atoms with Crippen molar-refractivity contribution < 1.29 is 13.9 Å². The lowest BCUT2D eigenvalue weighted by atomic mass is 10.3. The van der Waals surface area contributed by atoms with Gasteiger partial charge in [0.05, 0.1) is 0 Å². The molecule has 2 aromatic rings. The predicted molar refractivity (Wildman–Crippen MR) is 74.4 cm³/mol. The summed E-state index contributed by atoms with van der Waals surface area (Å²) in [6.07, 6.45) is 1.82. The zero-order valence-electron chi connectivity index (χ0n) is 10.9. The first-order chi connectivity index (χ1) is 9.67. The monoisotopic (exact) mass is 295 g/mol. The van der Waals surface area contributed by atoms with E-state index >= 15 is 0 Å². The second kappa shape index (κ2) is 6.95. The molecule has 1 heterocycles. The highest BCUT2D eigenvalue weighted by atomic mass is 32.1. The predicted octanol–water partition coefficient (Wildman–Crippen LogP) is 2.65. The highest BCUT2D eigenvalue weighted by Gasteiger charge is 2.08. The highest BCUT2D eigenvalue weighted by Crippen LogP contribution is 2.16. The average Bonchev–Trinajstić information content (AvgIpc) is 2.84. The van der Waals surface area contributed by atoms with Gasteiger partial charge in [0.2, 0.25) is 5.13 Å². The Labute approximate surface area is 119 Å². The number of ether oxygens (including phenoxy) is 1. The van der Waals surface area contributed by atoms with Gasteiger partial charge in [0.25, 0.3) is 5.91 Å². The van der Waals surface area contributed by atoms with Crippen LogP contribution in [0.5, 0.6) is 5.75 Å². The summed E-state index contributed by atoms with van der Waals surface area (Å²) in [6.45, 7) is 1.85. The maximum Gasteiger partial charge on any atom is 0.264 e. The molecule has 0 aliphatic carbocycles. The summed E-state index contributed by atoms with van der Waals surface area (Å²) in [4.78, 5) is 11.6. The van der Waals surface area contributed by atoms with Crippen LogP contribution < -0.4 is 10.1 Å². The van der Waals surface area contributed by atoms with Crippen LogP contribution in [-0.2, 0) is 11.2 Å². The number of amides is 1. The standard InChI is InChI=1S/C13H14FN3O2S/c1-2-4-12-16-17-13(20-12)15-11(18)8-19-10-6-3-5-9(14)7-10/h3,5-7H,2,4,8H2,1H3,(H,15,17,18). The van der Waals surface area contributed by atoms with E-state index in [0.717, 1.165) is 17.8 Å². The van der Waals surface area contributed by atoms with Crippen molar-refractivity contribution in [1.82, 2.24) is 10.2 Å². The second-order valence-corrected chi connectivity index (χ2v) is 5.11. The Morgan fingerprint density at radius 2 is 2.30 bits per heavy atom. The summed E-state index contributed by atoms with van der Waals surface area (Å²) >= 11 is 1.34. The molecule has 0 aliphatic rings. The number of nitrogens with one attached hydrogen (secondary N) is 1. The first kappa shape index (κ1) is 14.4. The van der Waals surface area contributed by atoms with Crippen LogP contribution in [0.4, 0.5) is 9.52 Å². The maximum absolute atomic E-state index is 12.9. The molecule has 0 atom stereocenters. The van der Waals surface area contributed by atoms with Crippen molar-refractivity contribution in [2.75, 3.05) is 11.9 Å². The van der Waals surface area contributed by atoms with Crippen LogP contribution in [0, 0.1) is 5.82 Å². The Balaban J connectivity index is 1.82. The molecule has 0 fully saturated rings. The molecule has 0 bridgehead atoms. The first-order valence-corrected chi connectivity index (χ1v) is 6.99. The number of benzene rings is 1. The number of carbonyl (C=O) groups excluding carboxylic acids is 1. The number of anilines is 1. The van der Waals surface area contributed by atoms with E-state index in [9.17, 15) is 9.18 Å². The number of halogens is 1. The molecule has 0 unspecified atom stereocenters. The molecule has 106 valence electrons. The fraction of sp³-hybridized carbons (Fsp3) is 0.308. The molecule has 0 saturated heterocycles. The average molecular weight is 295 g/mol. The summed E-state index contributed by atoms with van der Waals surface area (Å²) in [6, 6.07) is 5.63. The Morgan fingerprint density at radius 1 is 1.45 bits per heavy atom. The molecular formula is C13H14FN3O2S. The van der Waals surface area contributed by atoms with Gasteiger partial charge in [-0.15, -0.1) is 10.2 Å². The molecule has 2 rings (SSSR count). The van der Waals surface area contributed by atoms with E-state index in [4.69, 9.17) is 4.74 Å². The highest BCUT2D eigenvalue weighted by molar-refractivity contribution is 7.15. The molecule has 1 amide bonds. The Kier molecular flexibility index (Phi) is 5.00. The zero-order chi connectivity index (χ0) is 14.4. The SMILES string of the molecule is CCCc1nnc(NC(=O)COc2cccc(F)c2)s1. The molecule has 0 spiro atoms. The quantitative estimate of drug-likeness (QED) is 0.890. The number of carbonyl (C=O) groups is 1. The minimum absolute atomic E-state index is 0.202. The smallest absolute Gasteiger partial charge is 0.264 e.